The lowest BCUT2D eigenvalue weighted by Crippen LogP contribution is -2.77. The molecule has 0 bridgehead atoms. The summed E-state index contributed by atoms with van der Waals surface area (Å²) in [6.45, 7) is 3.42. The summed E-state index contributed by atoms with van der Waals surface area (Å²) in [7, 11) is 0. The largest absolute Gasteiger partial charge is 0.479 e. The minimum absolute atomic E-state index is 0.282. The first-order valence-corrected chi connectivity index (χ1v) is 11.6. The van der Waals surface area contributed by atoms with Crippen LogP contribution in [0.1, 0.15) is 47.5 Å². The van der Waals surface area contributed by atoms with Crippen LogP contribution in [0.25, 0.3) is 0 Å². The number of nitrogens with one attached hydrogen (secondary N) is 1. The molecule has 10 heteroatoms. The lowest BCUT2D eigenvalue weighted by atomic mass is 9.74. The smallest absolute Gasteiger partial charge is 0.339 e. The zero-order valence-electron chi connectivity index (χ0n) is 18.4. The predicted octanol–water partition coefficient (Wildman–Crippen LogP) is 1.60. The topological polar surface area (TPSA) is 139 Å². The van der Waals surface area contributed by atoms with E-state index in [1.165, 1.54) is 16.7 Å². The number of benzene rings is 2. The number of nitrogens with zero attached hydrogens (tertiary/aromatic N) is 1. The number of fused-ring (bicyclic) bond motifs is 2. The van der Waals surface area contributed by atoms with Crippen LogP contribution in [0.3, 0.4) is 0 Å². The Morgan fingerprint density at radius 2 is 1.76 bits per heavy atom. The van der Waals surface area contributed by atoms with Crippen molar-refractivity contribution in [3.05, 3.63) is 71.3 Å². The number of carboxylic acids is 1. The lowest BCUT2D eigenvalue weighted by molar-refractivity contribution is -0.182. The number of β-lactam (4-membered cyclic amide) rings is 1. The zero-order valence-corrected chi connectivity index (χ0v) is 19.2. The van der Waals surface area contributed by atoms with Crippen LogP contribution in [0.5, 0.6) is 0 Å². The van der Waals surface area contributed by atoms with E-state index in [-0.39, 0.29) is 5.56 Å². The van der Waals surface area contributed by atoms with Gasteiger partial charge in [0.05, 0.1) is 10.3 Å². The summed E-state index contributed by atoms with van der Waals surface area (Å²) in [6, 6.07) is 13.4. The maximum atomic E-state index is 13.3. The minimum atomic E-state index is -1.86. The number of cyclic esters (lactones) is 1. The number of aliphatic carboxylic acids is 1. The van der Waals surface area contributed by atoms with E-state index in [2.05, 4.69) is 5.32 Å². The van der Waals surface area contributed by atoms with Gasteiger partial charge in [0.1, 0.15) is 17.5 Å². The molecule has 2 aromatic rings. The number of ether oxygens (including phenoxy) is 1. The van der Waals surface area contributed by atoms with E-state index >= 15 is 0 Å². The molecule has 2 amide bonds. The lowest BCUT2D eigenvalue weighted by Gasteiger charge is -2.51. The summed E-state index contributed by atoms with van der Waals surface area (Å²) in [5.74, 6) is -2.99. The quantitative estimate of drug-likeness (QED) is 0.432. The first kappa shape index (κ1) is 22.4. The van der Waals surface area contributed by atoms with Gasteiger partial charge >= 0.3 is 11.9 Å². The van der Waals surface area contributed by atoms with Crippen LogP contribution < -0.4 is 11.1 Å². The molecule has 0 radical (unpaired) electrons. The molecule has 2 saturated heterocycles. The van der Waals surface area contributed by atoms with Gasteiger partial charge < -0.3 is 25.8 Å². The Bertz CT molecular complexity index is 1220. The number of hydrogen-bond donors (Lipinski definition) is 3. The monoisotopic (exact) mass is 481 g/mol. The van der Waals surface area contributed by atoms with Gasteiger partial charge in [0.2, 0.25) is 11.8 Å². The summed E-state index contributed by atoms with van der Waals surface area (Å²) < 4.78 is 4.54. The Morgan fingerprint density at radius 3 is 2.44 bits per heavy atom. The molecule has 0 spiro atoms. The molecule has 5 atom stereocenters. The first-order chi connectivity index (χ1) is 16.1. The summed E-state index contributed by atoms with van der Waals surface area (Å²) in [4.78, 5) is 52.8. The van der Waals surface area contributed by atoms with E-state index in [0.29, 0.717) is 11.1 Å². The van der Waals surface area contributed by atoms with Gasteiger partial charge in [-0.1, -0.05) is 48.5 Å². The minimum Gasteiger partial charge on any atom is -0.479 e. The van der Waals surface area contributed by atoms with Crippen LogP contribution in [-0.2, 0) is 19.1 Å². The summed E-state index contributed by atoms with van der Waals surface area (Å²) in [5.41, 5.74) is 5.52. The highest BCUT2D eigenvalue weighted by Gasteiger charge is 2.77. The van der Waals surface area contributed by atoms with E-state index in [1.54, 1.807) is 68.4 Å². The Morgan fingerprint density at radius 1 is 1.12 bits per heavy atom. The van der Waals surface area contributed by atoms with Crippen molar-refractivity contribution in [2.45, 2.75) is 47.7 Å². The highest BCUT2D eigenvalue weighted by Crippen LogP contribution is 2.62. The highest BCUT2D eigenvalue weighted by atomic mass is 32.2. The second-order valence-corrected chi connectivity index (χ2v) is 10.8. The first-order valence-electron chi connectivity index (χ1n) is 10.8. The van der Waals surface area contributed by atoms with Crippen LogP contribution in [-0.4, -0.2) is 55.5 Å². The number of carboxylic acid groups (broad SMARTS) is 1. The fraction of sp³-hybridized carbons (Fsp3) is 0.333. The molecule has 4 N–H and O–H groups in total. The maximum absolute atomic E-state index is 13.3. The number of thioether (sulfide) groups is 1. The maximum Gasteiger partial charge on any atom is 0.339 e. The molecule has 3 aliphatic heterocycles. The van der Waals surface area contributed by atoms with Crippen molar-refractivity contribution >= 4 is 35.5 Å². The molecule has 0 saturated carbocycles. The summed E-state index contributed by atoms with van der Waals surface area (Å²) >= 11 is 1.25. The predicted molar refractivity (Wildman–Crippen MR) is 123 cm³/mol. The van der Waals surface area contributed by atoms with Gasteiger partial charge in [0.15, 0.2) is 11.6 Å². The number of hydrogen-bond acceptors (Lipinski definition) is 7. The number of esters is 1. The number of amides is 2. The molecular weight excluding hydrogens is 458 g/mol. The molecule has 5 rings (SSSR count). The number of carbonyl (C=O) groups excluding carboxylic acids is 3. The third-order valence-electron chi connectivity index (χ3n) is 6.89. The fourth-order valence-electron chi connectivity index (χ4n) is 5.20. The Labute approximate surface area is 199 Å². The Balaban J connectivity index is 1.47. The second-order valence-electron chi connectivity index (χ2n) is 9.05. The molecule has 34 heavy (non-hydrogen) atoms. The highest BCUT2D eigenvalue weighted by molar-refractivity contribution is 8.01. The normalized spacial score (nSPS) is 29.5. The van der Waals surface area contributed by atoms with Crippen molar-refractivity contribution in [2.24, 2.45) is 5.73 Å². The Hall–Kier alpha value is -3.37. The number of nitrogens with two attached hydrogens (primary N) is 1. The van der Waals surface area contributed by atoms with Crippen LogP contribution in [0.2, 0.25) is 0 Å². The van der Waals surface area contributed by atoms with Crippen molar-refractivity contribution in [3.8, 4) is 0 Å². The van der Waals surface area contributed by atoms with Crippen LogP contribution in [0.15, 0.2) is 54.6 Å². The van der Waals surface area contributed by atoms with E-state index in [0.717, 1.165) is 0 Å². The summed E-state index contributed by atoms with van der Waals surface area (Å²) in [6.07, 6.45) is -1.19. The zero-order chi connectivity index (χ0) is 24.4. The van der Waals surface area contributed by atoms with Gasteiger partial charge in [-0.25, -0.2) is 9.59 Å². The van der Waals surface area contributed by atoms with E-state index in [9.17, 15) is 24.3 Å². The van der Waals surface area contributed by atoms with Gasteiger partial charge in [0, 0.05) is 5.56 Å². The average molecular weight is 482 g/mol. The van der Waals surface area contributed by atoms with Gasteiger partial charge in [-0.2, -0.15) is 0 Å². The third-order valence-corrected chi connectivity index (χ3v) is 8.51. The van der Waals surface area contributed by atoms with E-state index in [4.69, 9.17) is 10.5 Å². The molecule has 2 fully saturated rings. The van der Waals surface area contributed by atoms with Crippen molar-refractivity contribution in [2.75, 3.05) is 0 Å². The number of carbonyl (C=O) groups is 4. The third kappa shape index (κ3) is 2.85. The molecule has 0 aromatic heterocycles. The van der Waals surface area contributed by atoms with Crippen LogP contribution in [0, 0.1) is 0 Å². The SMILES string of the molecule is CC1(C)S[C@@H]2[C@H](NC(=O)[C@H](N)c3ccccc3)C(=O)N2[C@]1(C(=O)O)C1OC(=O)c2ccccc21. The van der Waals surface area contributed by atoms with Crippen molar-refractivity contribution in [1.29, 1.82) is 0 Å². The molecule has 176 valence electrons. The molecule has 9 nitrogen and oxygen atoms in total. The Kier molecular flexibility index (Phi) is 4.99. The van der Waals surface area contributed by atoms with Gasteiger partial charge in [0.25, 0.3) is 0 Å². The molecule has 3 aliphatic rings. The van der Waals surface area contributed by atoms with Gasteiger partial charge in [-0.15, -0.1) is 11.8 Å². The van der Waals surface area contributed by atoms with E-state index < -0.39 is 57.6 Å². The summed E-state index contributed by atoms with van der Waals surface area (Å²) in [5, 5.41) is 12.5. The van der Waals surface area contributed by atoms with Gasteiger partial charge in [-0.3, -0.25) is 9.59 Å². The second kappa shape index (κ2) is 7.57. The standard InChI is InChI=1S/C24H23N3O6S/c1-23(2)24(22(31)32,17-13-10-6-7-11-14(13)21(30)33-17)27-19(29)16(20(27)34-23)26-18(28)15(25)12-8-4-3-5-9-12/h3-11,15-17,20H,25H2,1-2H3,(H,26,28)(H,31,32)/t15-,16-,17?,20-,24+/m1/s1. The molecule has 2 aromatic carbocycles. The number of rotatable bonds is 5. The van der Waals surface area contributed by atoms with Crippen LogP contribution >= 0.6 is 11.8 Å². The molecular formula is C24H23N3O6S. The average Bonchev–Trinajstić information content (AvgIpc) is 3.27. The van der Waals surface area contributed by atoms with E-state index in [1.807, 2.05) is 0 Å². The fourth-order valence-corrected chi connectivity index (χ4v) is 6.97. The van der Waals surface area contributed by atoms with Crippen molar-refractivity contribution < 1.29 is 29.0 Å². The van der Waals surface area contributed by atoms with Gasteiger partial charge in [-0.05, 0) is 25.5 Å². The van der Waals surface area contributed by atoms with Crippen molar-refractivity contribution in [1.82, 2.24) is 10.2 Å². The van der Waals surface area contributed by atoms with Crippen LogP contribution in [0.4, 0.5) is 0 Å². The molecule has 0 aliphatic carbocycles. The van der Waals surface area contributed by atoms with Crippen molar-refractivity contribution in [3.63, 3.8) is 0 Å². The molecule has 3 heterocycles. The molecule has 1 unspecified atom stereocenters.